The monoisotopic (exact) mass is 276 g/mol. The van der Waals surface area contributed by atoms with Gasteiger partial charge in [-0.1, -0.05) is 37.3 Å². The maximum Gasteiger partial charge on any atom is 0.326 e. The minimum Gasteiger partial charge on any atom is -0.480 e. The zero-order valence-corrected chi connectivity index (χ0v) is 11.5. The molecular weight excluding hydrogens is 256 g/mol. The Morgan fingerprint density at radius 3 is 2.60 bits per heavy atom. The van der Waals surface area contributed by atoms with Crippen molar-refractivity contribution in [2.24, 2.45) is 11.7 Å². The molecule has 3 atom stereocenters. The van der Waals surface area contributed by atoms with Crippen molar-refractivity contribution in [3.05, 3.63) is 35.9 Å². The molecule has 0 aliphatic carbocycles. The number of likely N-dealkylation sites (tertiary alicyclic amines) is 1. The van der Waals surface area contributed by atoms with Crippen LogP contribution in [0.2, 0.25) is 0 Å². The van der Waals surface area contributed by atoms with Gasteiger partial charge in [-0.05, 0) is 24.3 Å². The van der Waals surface area contributed by atoms with Crippen LogP contribution in [0.15, 0.2) is 30.3 Å². The minimum atomic E-state index is -0.953. The van der Waals surface area contributed by atoms with Crippen LogP contribution in [-0.4, -0.2) is 34.5 Å². The largest absolute Gasteiger partial charge is 0.480 e. The highest BCUT2D eigenvalue weighted by Crippen LogP contribution is 2.26. The smallest absolute Gasteiger partial charge is 0.326 e. The number of carbonyl (C=O) groups excluding carboxylic acids is 1. The van der Waals surface area contributed by atoms with Gasteiger partial charge < -0.3 is 15.7 Å². The quantitative estimate of drug-likeness (QED) is 0.874. The molecular formula is C15H20N2O3. The standard InChI is InChI=1S/C15H20N2O3/c1-10-6-5-9-17(13(10)15(19)20)14(18)12(16)11-7-3-2-4-8-11/h2-4,7-8,10,12-13H,5-6,9,16H2,1H3,(H,19,20). The molecule has 0 spiro atoms. The van der Waals surface area contributed by atoms with E-state index in [1.54, 1.807) is 12.1 Å². The van der Waals surface area contributed by atoms with Crippen molar-refractivity contribution in [1.29, 1.82) is 0 Å². The fourth-order valence-electron chi connectivity index (χ4n) is 2.79. The van der Waals surface area contributed by atoms with Gasteiger partial charge in [-0.2, -0.15) is 0 Å². The number of benzene rings is 1. The average molecular weight is 276 g/mol. The highest BCUT2D eigenvalue weighted by atomic mass is 16.4. The number of hydrogen-bond acceptors (Lipinski definition) is 3. The molecule has 3 N–H and O–H groups in total. The van der Waals surface area contributed by atoms with Crippen LogP contribution in [0, 0.1) is 5.92 Å². The number of amides is 1. The van der Waals surface area contributed by atoms with Gasteiger partial charge in [0.2, 0.25) is 5.91 Å². The summed E-state index contributed by atoms with van der Waals surface area (Å²) in [6.45, 7) is 2.33. The molecule has 1 aromatic carbocycles. The molecule has 0 aromatic heterocycles. The van der Waals surface area contributed by atoms with Crippen molar-refractivity contribution < 1.29 is 14.7 Å². The van der Waals surface area contributed by atoms with E-state index in [4.69, 9.17) is 5.73 Å². The summed E-state index contributed by atoms with van der Waals surface area (Å²) in [6.07, 6.45) is 1.64. The third kappa shape index (κ3) is 2.82. The van der Waals surface area contributed by atoms with Crippen LogP contribution in [-0.2, 0) is 9.59 Å². The Hall–Kier alpha value is -1.88. The van der Waals surface area contributed by atoms with Gasteiger partial charge in [-0.15, -0.1) is 0 Å². The van der Waals surface area contributed by atoms with E-state index in [0.29, 0.717) is 12.1 Å². The number of aliphatic carboxylic acids is 1. The predicted octanol–water partition coefficient (Wildman–Crippen LogP) is 1.40. The molecule has 1 aromatic rings. The van der Waals surface area contributed by atoms with E-state index in [1.165, 1.54) is 4.90 Å². The first-order valence-electron chi connectivity index (χ1n) is 6.86. The van der Waals surface area contributed by atoms with Gasteiger partial charge in [0.05, 0.1) is 0 Å². The number of hydrogen-bond donors (Lipinski definition) is 2. The number of carboxylic acid groups (broad SMARTS) is 1. The third-order valence-electron chi connectivity index (χ3n) is 3.89. The number of carbonyl (C=O) groups is 2. The highest BCUT2D eigenvalue weighted by molar-refractivity contribution is 5.88. The second-order valence-electron chi connectivity index (χ2n) is 5.32. The molecule has 0 saturated carbocycles. The Bertz CT molecular complexity index is 489. The van der Waals surface area contributed by atoms with Gasteiger partial charge in [-0.3, -0.25) is 4.79 Å². The molecule has 5 heteroatoms. The van der Waals surface area contributed by atoms with E-state index < -0.39 is 18.1 Å². The maximum absolute atomic E-state index is 12.5. The summed E-state index contributed by atoms with van der Waals surface area (Å²) in [4.78, 5) is 25.3. The van der Waals surface area contributed by atoms with Crippen molar-refractivity contribution in [2.45, 2.75) is 31.8 Å². The molecule has 1 saturated heterocycles. The number of nitrogens with zero attached hydrogens (tertiary/aromatic N) is 1. The normalized spacial score (nSPS) is 24.2. The maximum atomic E-state index is 12.5. The van der Waals surface area contributed by atoms with Gasteiger partial charge in [0, 0.05) is 6.54 Å². The number of carboxylic acids is 1. The Labute approximate surface area is 118 Å². The highest BCUT2D eigenvalue weighted by Gasteiger charge is 2.38. The molecule has 5 nitrogen and oxygen atoms in total. The van der Waals surface area contributed by atoms with Gasteiger partial charge in [0.1, 0.15) is 12.1 Å². The lowest BCUT2D eigenvalue weighted by atomic mass is 9.90. The molecule has 0 bridgehead atoms. The van der Waals surface area contributed by atoms with Crippen molar-refractivity contribution in [1.82, 2.24) is 4.90 Å². The molecule has 0 radical (unpaired) electrons. The van der Waals surface area contributed by atoms with Crippen LogP contribution in [0.1, 0.15) is 31.4 Å². The molecule has 1 heterocycles. The molecule has 2 rings (SSSR count). The van der Waals surface area contributed by atoms with Crippen molar-refractivity contribution >= 4 is 11.9 Å². The lowest BCUT2D eigenvalue weighted by Crippen LogP contribution is -2.54. The first-order valence-corrected chi connectivity index (χ1v) is 6.86. The number of rotatable bonds is 3. The summed E-state index contributed by atoms with van der Waals surface area (Å²) >= 11 is 0. The summed E-state index contributed by atoms with van der Waals surface area (Å²) in [5.74, 6) is -1.31. The summed E-state index contributed by atoms with van der Waals surface area (Å²) in [6, 6.07) is 7.47. The Morgan fingerprint density at radius 2 is 2.00 bits per heavy atom. The van der Waals surface area contributed by atoms with Gasteiger partial charge in [-0.25, -0.2) is 4.79 Å². The third-order valence-corrected chi connectivity index (χ3v) is 3.89. The fraction of sp³-hybridized carbons (Fsp3) is 0.467. The summed E-state index contributed by atoms with van der Waals surface area (Å²) < 4.78 is 0. The van der Waals surface area contributed by atoms with Crippen LogP contribution >= 0.6 is 0 Å². The van der Waals surface area contributed by atoms with Gasteiger partial charge in [0.15, 0.2) is 0 Å². The van der Waals surface area contributed by atoms with Gasteiger partial charge in [0.25, 0.3) is 0 Å². The molecule has 3 unspecified atom stereocenters. The van der Waals surface area contributed by atoms with Crippen molar-refractivity contribution in [2.75, 3.05) is 6.54 Å². The lowest BCUT2D eigenvalue weighted by molar-refractivity contribution is -0.155. The number of nitrogens with two attached hydrogens (primary N) is 1. The van der Waals surface area contributed by atoms with Crippen molar-refractivity contribution in [3.63, 3.8) is 0 Å². The second-order valence-corrected chi connectivity index (χ2v) is 5.32. The van der Waals surface area contributed by atoms with Crippen molar-refractivity contribution in [3.8, 4) is 0 Å². The molecule has 108 valence electrons. The van der Waals surface area contributed by atoms with E-state index in [-0.39, 0.29) is 11.8 Å². The molecule has 1 aliphatic heterocycles. The van der Waals surface area contributed by atoms with E-state index >= 15 is 0 Å². The zero-order chi connectivity index (χ0) is 14.7. The zero-order valence-electron chi connectivity index (χ0n) is 11.5. The lowest BCUT2D eigenvalue weighted by Gasteiger charge is -2.38. The van der Waals surface area contributed by atoms with Crippen LogP contribution in [0.4, 0.5) is 0 Å². The first-order chi connectivity index (χ1) is 9.52. The fourth-order valence-corrected chi connectivity index (χ4v) is 2.79. The van der Waals surface area contributed by atoms with E-state index in [9.17, 15) is 14.7 Å². The van der Waals surface area contributed by atoms with Gasteiger partial charge >= 0.3 is 5.97 Å². The number of piperidine rings is 1. The predicted molar refractivity (Wildman–Crippen MR) is 74.9 cm³/mol. The van der Waals surface area contributed by atoms with E-state index in [2.05, 4.69) is 0 Å². The minimum absolute atomic E-state index is 0.0480. The Morgan fingerprint density at radius 1 is 1.35 bits per heavy atom. The van der Waals surface area contributed by atoms with Crippen LogP contribution < -0.4 is 5.73 Å². The molecule has 1 amide bonds. The molecule has 1 aliphatic rings. The average Bonchev–Trinajstić information content (AvgIpc) is 2.46. The Kier molecular flexibility index (Phi) is 4.39. The van der Waals surface area contributed by atoms with Crippen LogP contribution in [0.25, 0.3) is 0 Å². The molecule has 1 fully saturated rings. The van der Waals surface area contributed by atoms with Crippen LogP contribution in [0.3, 0.4) is 0 Å². The van der Waals surface area contributed by atoms with E-state index in [1.807, 2.05) is 25.1 Å². The molecule has 20 heavy (non-hydrogen) atoms. The summed E-state index contributed by atoms with van der Waals surface area (Å²) in [5, 5.41) is 9.35. The SMILES string of the molecule is CC1CCCN(C(=O)C(N)c2ccccc2)C1C(=O)O. The second kappa shape index (κ2) is 6.05. The Balaban J connectivity index is 2.20. The summed E-state index contributed by atoms with van der Waals surface area (Å²) in [7, 11) is 0. The summed E-state index contributed by atoms with van der Waals surface area (Å²) in [5.41, 5.74) is 6.70. The van der Waals surface area contributed by atoms with E-state index in [0.717, 1.165) is 12.8 Å². The topological polar surface area (TPSA) is 83.6 Å². The van der Waals surface area contributed by atoms with Crippen LogP contribution in [0.5, 0.6) is 0 Å². The first kappa shape index (κ1) is 14.5.